The predicted octanol–water partition coefficient (Wildman–Crippen LogP) is 0.952. The summed E-state index contributed by atoms with van der Waals surface area (Å²) < 4.78 is 9.62. The van der Waals surface area contributed by atoms with Gasteiger partial charge in [-0.3, -0.25) is 9.59 Å². The molecule has 5 nitrogen and oxygen atoms in total. The van der Waals surface area contributed by atoms with E-state index in [1.807, 2.05) is 20.8 Å². The van der Waals surface area contributed by atoms with Crippen molar-refractivity contribution in [3.63, 3.8) is 0 Å². The lowest BCUT2D eigenvalue weighted by Crippen LogP contribution is -2.32. The van der Waals surface area contributed by atoms with Crippen LogP contribution in [0.4, 0.5) is 0 Å². The van der Waals surface area contributed by atoms with Gasteiger partial charge in [-0.1, -0.05) is 0 Å². The van der Waals surface area contributed by atoms with Gasteiger partial charge in [0.1, 0.15) is 11.6 Å². The van der Waals surface area contributed by atoms with Gasteiger partial charge in [0.05, 0.1) is 12.9 Å². The number of carbonyl (C=O) groups excluding carboxylic acids is 2. The Balaban J connectivity index is 3.65. The van der Waals surface area contributed by atoms with Crippen molar-refractivity contribution in [1.82, 2.24) is 0 Å². The first-order valence-electron chi connectivity index (χ1n) is 5.39. The van der Waals surface area contributed by atoms with Crippen LogP contribution in [0.25, 0.3) is 0 Å². The molecule has 0 saturated heterocycles. The van der Waals surface area contributed by atoms with Crippen LogP contribution in [-0.2, 0) is 19.1 Å². The van der Waals surface area contributed by atoms with E-state index in [4.69, 9.17) is 10.5 Å². The van der Waals surface area contributed by atoms with Crippen LogP contribution in [-0.4, -0.2) is 42.2 Å². The van der Waals surface area contributed by atoms with Gasteiger partial charge in [-0.25, -0.2) is 0 Å². The van der Waals surface area contributed by atoms with Gasteiger partial charge in [-0.2, -0.15) is 11.8 Å². The number of rotatable bonds is 6. The molecule has 0 aliphatic rings. The average molecular weight is 263 g/mol. The van der Waals surface area contributed by atoms with E-state index >= 15 is 0 Å². The lowest BCUT2D eigenvalue weighted by Gasteiger charge is -2.19. The molecular formula is C11H21NO4S. The minimum absolute atomic E-state index is 0.255. The van der Waals surface area contributed by atoms with Crippen LogP contribution in [0.2, 0.25) is 0 Å². The highest BCUT2D eigenvalue weighted by molar-refractivity contribution is 7.99. The van der Waals surface area contributed by atoms with E-state index in [0.717, 1.165) is 0 Å². The topological polar surface area (TPSA) is 78.6 Å². The van der Waals surface area contributed by atoms with Crippen molar-refractivity contribution in [3.05, 3.63) is 0 Å². The molecule has 0 bridgehead atoms. The maximum atomic E-state index is 11.3. The number of hydrogen-bond acceptors (Lipinski definition) is 6. The predicted molar refractivity (Wildman–Crippen MR) is 67.8 cm³/mol. The van der Waals surface area contributed by atoms with Crippen molar-refractivity contribution in [1.29, 1.82) is 0 Å². The number of thioether (sulfide) groups is 1. The Labute approximate surface area is 106 Å². The van der Waals surface area contributed by atoms with Crippen molar-refractivity contribution in [3.8, 4) is 0 Å². The quantitative estimate of drug-likeness (QED) is 0.568. The molecule has 0 amide bonds. The third kappa shape index (κ3) is 9.00. The first-order valence-corrected chi connectivity index (χ1v) is 6.54. The molecule has 0 heterocycles. The third-order valence-electron chi connectivity index (χ3n) is 1.72. The Morgan fingerprint density at radius 2 is 1.94 bits per heavy atom. The first-order chi connectivity index (χ1) is 7.76. The molecule has 0 saturated carbocycles. The zero-order valence-electron chi connectivity index (χ0n) is 10.8. The highest BCUT2D eigenvalue weighted by Crippen LogP contribution is 2.11. The van der Waals surface area contributed by atoms with Gasteiger partial charge in [0.15, 0.2) is 0 Å². The molecule has 17 heavy (non-hydrogen) atoms. The molecule has 0 aliphatic carbocycles. The number of esters is 2. The Morgan fingerprint density at radius 1 is 1.35 bits per heavy atom. The van der Waals surface area contributed by atoms with Crippen LogP contribution in [0.3, 0.4) is 0 Å². The number of carbonyl (C=O) groups is 2. The molecule has 0 aromatic rings. The first kappa shape index (κ1) is 16.2. The smallest absolute Gasteiger partial charge is 0.322 e. The average Bonchev–Trinajstić information content (AvgIpc) is 2.20. The third-order valence-corrected chi connectivity index (χ3v) is 2.68. The number of nitrogens with two attached hydrogens (primary N) is 1. The highest BCUT2D eigenvalue weighted by Gasteiger charge is 2.17. The van der Waals surface area contributed by atoms with Crippen LogP contribution in [0.15, 0.2) is 0 Å². The van der Waals surface area contributed by atoms with Gasteiger partial charge in [0, 0.05) is 0 Å². The number of methoxy groups -OCH3 is 1. The lowest BCUT2D eigenvalue weighted by atomic mass is 10.2. The molecule has 100 valence electrons. The zero-order valence-corrected chi connectivity index (χ0v) is 11.6. The summed E-state index contributed by atoms with van der Waals surface area (Å²) >= 11 is 1.40. The monoisotopic (exact) mass is 263 g/mol. The molecular weight excluding hydrogens is 242 g/mol. The minimum Gasteiger partial charge on any atom is -0.468 e. The van der Waals surface area contributed by atoms with Crippen LogP contribution in [0.1, 0.15) is 27.2 Å². The van der Waals surface area contributed by atoms with Gasteiger partial charge in [0.2, 0.25) is 0 Å². The van der Waals surface area contributed by atoms with E-state index in [0.29, 0.717) is 12.2 Å². The van der Waals surface area contributed by atoms with E-state index in [1.54, 1.807) is 0 Å². The van der Waals surface area contributed by atoms with Gasteiger partial charge in [0.25, 0.3) is 0 Å². The number of hydrogen-bond donors (Lipinski definition) is 1. The summed E-state index contributed by atoms with van der Waals surface area (Å²) in [6, 6.07) is -0.619. The second kappa shape index (κ2) is 7.55. The molecule has 0 aliphatic heterocycles. The molecule has 0 fully saturated rings. The van der Waals surface area contributed by atoms with Crippen molar-refractivity contribution < 1.29 is 19.1 Å². The molecule has 2 N–H and O–H groups in total. The Bertz CT molecular complexity index is 263. The molecule has 0 aromatic heterocycles. The van der Waals surface area contributed by atoms with Gasteiger partial charge >= 0.3 is 11.9 Å². The van der Waals surface area contributed by atoms with E-state index in [-0.39, 0.29) is 11.7 Å². The molecule has 0 rings (SSSR count). The molecule has 1 unspecified atom stereocenters. The van der Waals surface area contributed by atoms with Crippen molar-refractivity contribution in [2.75, 3.05) is 18.6 Å². The summed E-state index contributed by atoms with van der Waals surface area (Å²) in [6.45, 7) is 5.47. The summed E-state index contributed by atoms with van der Waals surface area (Å²) in [5, 5.41) is 0. The fourth-order valence-corrected chi connectivity index (χ4v) is 1.80. The lowest BCUT2D eigenvalue weighted by molar-refractivity contribution is -0.151. The Hall–Kier alpha value is -0.750. The standard InChI is InChI=1S/C11H21NO4S/c1-11(2,3)16-9(13)7-17-6-5-8(12)10(14)15-4/h8H,5-7,12H2,1-4H3. The zero-order chi connectivity index (χ0) is 13.5. The van der Waals surface area contributed by atoms with Crippen LogP contribution < -0.4 is 5.73 Å². The van der Waals surface area contributed by atoms with E-state index < -0.39 is 17.6 Å². The molecule has 0 radical (unpaired) electrons. The summed E-state index contributed by atoms with van der Waals surface area (Å²) in [5.41, 5.74) is 5.08. The summed E-state index contributed by atoms with van der Waals surface area (Å²) in [7, 11) is 1.30. The summed E-state index contributed by atoms with van der Waals surface area (Å²) in [4.78, 5) is 22.3. The van der Waals surface area contributed by atoms with Crippen molar-refractivity contribution in [2.24, 2.45) is 5.73 Å². The molecule has 0 spiro atoms. The minimum atomic E-state index is -0.619. The van der Waals surface area contributed by atoms with Crippen LogP contribution in [0.5, 0.6) is 0 Å². The Morgan fingerprint density at radius 3 is 2.41 bits per heavy atom. The van der Waals surface area contributed by atoms with E-state index in [9.17, 15) is 9.59 Å². The summed E-state index contributed by atoms with van der Waals surface area (Å²) in [5.74, 6) is 0.206. The largest absolute Gasteiger partial charge is 0.468 e. The fourth-order valence-electron chi connectivity index (χ4n) is 1.01. The normalized spacial score (nSPS) is 13.0. The van der Waals surface area contributed by atoms with Gasteiger partial charge in [-0.05, 0) is 32.9 Å². The van der Waals surface area contributed by atoms with E-state index in [2.05, 4.69) is 4.74 Å². The second-order valence-electron chi connectivity index (χ2n) is 4.56. The van der Waals surface area contributed by atoms with Crippen molar-refractivity contribution >= 4 is 23.7 Å². The second-order valence-corrected chi connectivity index (χ2v) is 5.66. The van der Waals surface area contributed by atoms with Gasteiger partial charge in [-0.15, -0.1) is 0 Å². The Kier molecular flexibility index (Phi) is 7.22. The van der Waals surface area contributed by atoms with Crippen LogP contribution >= 0.6 is 11.8 Å². The maximum Gasteiger partial charge on any atom is 0.322 e. The van der Waals surface area contributed by atoms with Crippen molar-refractivity contribution in [2.45, 2.75) is 38.8 Å². The highest BCUT2D eigenvalue weighted by atomic mass is 32.2. The van der Waals surface area contributed by atoms with Crippen LogP contribution in [0, 0.1) is 0 Å². The maximum absolute atomic E-state index is 11.3. The number of ether oxygens (including phenoxy) is 2. The van der Waals surface area contributed by atoms with E-state index in [1.165, 1.54) is 18.9 Å². The van der Waals surface area contributed by atoms with Gasteiger partial charge < -0.3 is 15.2 Å². The summed E-state index contributed by atoms with van der Waals surface area (Å²) in [6.07, 6.45) is 0.486. The molecule has 0 aromatic carbocycles. The molecule has 1 atom stereocenters. The SMILES string of the molecule is COC(=O)C(N)CCSCC(=O)OC(C)(C)C. The molecule has 6 heteroatoms. The fraction of sp³-hybridized carbons (Fsp3) is 0.818.